The Morgan fingerprint density at radius 3 is 2.13 bits per heavy atom. The lowest BCUT2D eigenvalue weighted by Gasteiger charge is -2.39. The van der Waals surface area contributed by atoms with Gasteiger partial charge in [0.25, 0.3) is 0 Å². The van der Waals surface area contributed by atoms with Crippen LogP contribution in [0.3, 0.4) is 0 Å². The van der Waals surface area contributed by atoms with Gasteiger partial charge in [-0.15, -0.1) is 0 Å². The largest absolute Gasteiger partial charge is 0.443 e. The van der Waals surface area contributed by atoms with Gasteiger partial charge in [0.15, 0.2) is 5.78 Å². The van der Waals surface area contributed by atoms with Crippen LogP contribution in [0.25, 0.3) is 0 Å². The summed E-state index contributed by atoms with van der Waals surface area (Å²) in [5.41, 5.74) is -1.30. The fourth-order valence-electron chi connectivity index (χ4n) is 6.82. The van der Waals surface area contributed by atoms with Gasteiger partial charge >= 0.3 is 6.09 Å². The molecule has 4 rings (SSSR count). The van der Waals surface area contributed by atoms with Gasteiger partial charge < -0.3 is 20.3 Å². The van der Waals surface area contributed by atoms with Gasteiger partial charge in [-0.1, -0.05) is 53.9 Å². The molecule has 3 saturated carbocycles. The minimum absolute atomic E-state index is 0.0517. The molecule has 0 unspecified atom stereocenters. The molecule has 0 radical (unpaired) electrons. The highest BCUT2D eigenvalue weighted by Crippen LogP contribution is 2.65. The number of rotatable bonds is 9. The number of piperidine rings is 1. The van der Waals surface area contributed by atoms with Gasteiger partial charge in [-0.25, -0.2) is 4.79 Å². The molecule has 9 nitrogen and oxygen atoms in total. The number of ether oxygens (including phenoxy) is 1. The molecule has 218 valence electrons. The van der Waals surface area contributed by atoms with Crippen LogP contribution >= 0.6 is 0 Å². The third kappa shape index (κ3) is 6.32. The van der Waals surface area contributed by atoms with Crippen LogP contribution in [0.15, 0.2) is 0 Å². The van der Waals surface area contributed by atoms with E-state index in [0.29, 0.717) is 18.9 Å². The van der Waals surface area contributed by atoms with Crippen molar-refractivity contribution in [3.63, 3.8) is 0 Å². The number of Topliss-reactive ketones (excluding diaryl/α,β-unsaturated/α-hetero) is 2. The van der Waals surface area contributed by atoms with Crippen LogP contribution in [-0.4, -0.2) is 64.6 Å². The maximum atomic E-state index is 14.1. The van der Waals surface area contributed by atoms with Crippen LogP contribution < -0.4 is 10.6 Å². The Bertz CT molecular complexity index is 1020. The van der Waals surface area contributed by atoms with Crippen LogP contribution in [-0.2, 0) is 23.9 Å². The Balaban J connectivity index is 1.52. The summed E-state index contributed by atoms with van der Waals surface area (Å²) >= 11 is 0. The Labute approximate surface area is 232 Å². The zero-order chi connectivity index (χ0) is 28.9. The van der Waals surface area contributed by atoms with E-state index in [1.54, 1.807) is 4.90 Å². The molecule has 1 heterocycles. The van der Waals surface area contributed by atoms with E-state index in [4.69, 9.17) is 4.74 Å². The van der Waals surface area contributed by atoms with Crippen molar-refractivity contribution in [3.8, 4) is 0 Å². The molecule has 3 amide bonds. The van der Waals surface area contributed by atoms with E-state index in [1.807, 2.05) is 27.7 Å². The van der Waals surface area contributed by atoms with Gasteiger partial charge in [-0.3, -0.25) is 19.2 Å². The van der Waals surface area contributed by atoms with Crippen molar-refractivity contribution in [2.75, 3.05) is 6.54 Å². The number of amides is 3. The molecule has 4 aliphatic rings. The molecule has 39 heavy (non-hydrogen) atoms. The van der Waals surface area contributed by atoms with Crippen molar-refractivity contribution in [1.82, 2.24) is 15.5 Å². The monoisotopic (exact) mass is 545 g/mol. The van der Waals surface area contributed by atoms with Crippen LogP contribution in [0, 0.1) is 28.6 Å². The summed E-state index contributed by atoms with van der Waals surface area (Å²) < 4.78 is 5.83. The lowest BCUT2D eigenvalue weighted by atomic mass is 9.85. The van der Waals surface area contributed by atoms with E-state index in [9.17, 15) is 24.0 Å². The first-order valence-electron chi connectivity index (χ1n) is 14.7. The van der Waals surface area contributed by atoms with Gasteiger partial charge in [0.1, 0.15) is 17.7 Å². The molecule has 1 saturated heterocycles. The predicted octanol–water partition coefficient (Wildman–Crippen LogP) is 3.78. The number of ketones is 2. The van der Waals surface area contributed by atoms with Crippen LogP contribution in [0.5, 0.6) is 0 Å². The first-order valence-corrected chi connectivity index (χ1v) is 14.7. The summed E-state index contributed by atoms with van der Waals surface area (Å²) in [5.74, 6) is -1.46. The summed E-state index contributed by atoms with van der Waals surface area (Å²) in [6.45, 7) is 13.4. The van der Waals surface area contributed by atoms with Gasteiger partial charge in [-0.2, -0.15) is 0 Å². The molecule has 0 aromatic rings. The summed E-state index contributed by atoms with van der Waals surface area (Å²) in [7, 11) is 0. The smallest absolute Gasteiger partial charge is 0.408 e. The zero-order valence-electron chi connectivity index (χ0n) is 24.7. The average Bonchev–Trinajstić information content (AvgIpc) is 3.68. The number of likely N-dealkylation sites (tertiary alicyclic amines) is 1. The van der Waals surface area contributed by atoms with E-state index in [1.165, 1.54) is 6.92 Å². The maximum absolute atomic E-state index is 14.1. The van der Waals surface area contributed by atoms with Crippen molar-refractivity contribution in [2.45, 2.75) is 124 Å². The second-order valence-corrected chi connectivity index (χ2v) is 14.4. The van der Waals surface area contributed by atoms with Crippen molar-refractivity contribution < 1.29 is 28.7 Å². The number of carbonyl (C=O) groups is 5. The molecule has 0 spiro atoms. The summed E-state index contributed by atoms with van der Waals surface area (Å²) in [5, 5.41) is 5.69. The third-order valence-electron chi connectivity index (χ3n) is 9.63. The molecular weight excluding hydrogens is 498 g/mol. The van der Waals surface area contributed by atoms with Crippen LogP contribution in [0.1, 0.15) is 99.8 Å². The van der Waals surface area contributed by atoms with Gasteiger partial charge in [-0.05, 0) is 67.6 Å². The van der Waals surface area contributed by atoms with Gasteiger partial charge in [0.05, 0.1) is 6.04 Å². The van der Waals surface area contributed by atoms with Crippen molar-refractivity contribution in [3.05, 3.63) is 0 Å². The van der Waals surface area contributed by atoms with E-state index in [-0.39, 0.29) is 23.2 Å². The highest BCUT2D eigenvalue weighted by atomic mass is 16.6. The number of hydrogen-bond acceptors (Lipinski definition) is 6. The Hall–Kier alpha value is -2.45. The lowest BCUT2D eigenvalue weighted by molar-refractivity contribution is -0.145. The molecule has 3 aliphatic carbocycles. The van der Waals surface area contributed by atoms with E-state index in [0.717, 1.165) is 44.9 Å². The minimum Gasteiger partial charge on any atom is -0.443 e. The first-order chi connectivity index (χ1) is 18.0. The molecule has 9 heteroatoms. The number of carbonyl (C=O) groups excluding carboxylic acids is 5. The normalized spacial score (nSPS) is 28.5. The second-order valence-electron chi connectivity index (χ2n) is 14.4. The molecule has 1 aliphatic heterocycles. The third-order valence-corrected chi connectivity index (χ3v) is 9.63. The molecule has 0 aromatic heterocycles. The fourth-order valence-corrected chi connectivity index (χ4v) is 6.82. The number of fused-ring (bicyclic) bond motifs is 1. The topological polar surface area (TPSA) is 122 Å². The zero-order valence-corrected chi connectivity index (χ0v) is 24.7. The van der Waals surface area contributed by atoms with Crippen molar-refractivity contribution >= 4 is 29.5 Å². The van der Waals surface area contributed by atoms with E-state index < -0.39 is 52.7 Å². The molecule has 5 atom stereocenters. The summed E-state index contributed by atoms with van der Waals surface area (Å²) in [6, 6.07) is -2.53. The highest BCUT2D eigenvalue weighted by molar-refractivity contribution is 6.38. The quantitative estimate of drug-likeness (QED) is 0.425. The Kier molecular flexibility index (Phi) is 7.96. The molecule has 0 bridgehead atoms. The highest BCUT2D eigenvalue weighted by Gasteiger charge is 2.70. The maximum Gasteiger partial charge on any atom is 0.408 e. The number of hydrogen-bond donors (Lipinski definition) is 2. The first kappa shape index (κ1) is 29.5. The van der Waals surface area contributed by atoms with Crippen LogP contribution in [0.4, 0.5) is 4.79 Å². The molecule has 4 fully saturated rings. The van der Waals surface area contributed by atoms with Crippen molar-refractivity contribution in [1.29, 1.82) is 0 Å². The summed E-state index contributed by atoms with van der Waals surface area (Å²) in [6.07, 6.45) is 6.51. The standard InChI is InChI=1S/C30H47N3O6/c1-17(34)23(35)20(15-18-11-12-18)31-25(36)22-21-19(29(21,5)6)16-33(22)26(37)24(28(2,3)4)32-27(38)39-30(7)13-9-8-10-14-30/h18-22,24H,8-16H2,1-7H3,(H,31,36)(H,32,38)/t19-,20-,21-,22-,24+/m0/s1. The molecule has 2 N–H and O–H groups in total. The SMILES string of the molecule is CC(=O)C(=O)[C@H](CC1CC1)NC(=O)[C@@H]1[C@@H]2[C@H](CN1C(=O)[C@@H](NC(=O)OC1(C)CCCCC1)C(C)(C)C)C2(C)C. The van der Waals surface area contributed by atoms with E-state index in [2.05, 4.69) is 24.5 Å². The number of alkyl carbamates (subject to hydrolysis) is 1. The fraction of sp³-hybridized carbons (Fsp3) is 0.833. The van der Waals surface area contributed by atoms with Gasteiger partial charge in [0.2, 0.25) is 17.6 Å². The van der Waals surface area contributed by atoms with E-state index >= 15 is 0 Å². The lowest BCUT2D eigenvalue weighted by Crippen LogP contribution is -2.60. The number of nitrogens with zero attached hydrogens (tertiary/aromatic N) is 1. The van der Waals surface area contributed by atoms with Gasteiger partial charge in [0, 0.05) is 13.5 Å². The minimum atomic E-state index is -0.894. The van der Waals surface area contributed by atoms with Crippen molar-refractivity contribution in [2.24, 2.45) is 28.6 Å². The second kappa shape index (κ2) is 10.5. The predicted molar refractivity (Wildman–Crippen MR) is 146 cm³/mol. The molecular formula is C30H47N3O6. The Morgan fingerprint density at radius 1 is 0.974 bits per heavy atom. The average molecular weight is 546 g/mol. The molecule has 0 aromatic carbocycles. The van der Waals surface area contributed by atoms with Crippen LogP contribution in [0.2, 0.25) is 0 Å². The summed E-state index contributed by atoms with van der Waals surface area (Å²) in [4.78, 5) is 66.9. The Morgan fingerprint density at radius 2 is 1.59 bits per heavy atom. The number of nitrogens with one attached hydrogen (secondary N) is 2.